The molecule has 1 amide bonds. The van der Waals surface area contributed by atoms with E-state index < -0.39 is 0 Å². The molecule has 2 aromatic rings. The van der Waals surface area contributed by atoms with Gasteiger partial charge < -0.3 is 10.2 Å². The van der Waals surface area contributed by atoms with Gasteiger partial charge in [0.25, 0.3) is 0 Å². The molecule has 6 nitrogen and oxygen atoms in total. The SMILES string of the molecule is CN(Cc1cccs1)C(=O)Cn1cc(CNC2CC2)nn1. The first-order chi connectivity index (χ1) is 10.2. The first kappa shape index (κ1) is 14.2. The van der Waals surface area contributed by atoms with Crippen molar-refractivity contribution < 1.29 is 4.79 Å². The van der Waals surface area contributed by atoms with Gasteiger partial charge in [0, 0.05) is 24.5 Å². The molecular formula is C14H19N5OS. The fourth-order valence-electron chi connectivity index (χ4n) is 2.02. The van der Waals surface area contributed by atoms with Crippen LogP contribution in [0.25, 0.3) is 0 Å². The molecule has 0 spiro atoms. The Balaban J connectivity index is 1.49. The largest absolute Gasteiger partial charge is 0.339 e. The van der Waals surface area contributed by atoms with E-state index in [-0.39, 0.29) is 12.5 Å². The van der Waals surface area contributed by atoms with Crippen LogP contribution in [0.4, 0.5) is 0 Å². The maximum Gasteiger partial charge on any atom is 0.244 e. The minimum atomic E-state index is 0.0370. The molecule has 112 valence electrons. The van der Waals surface area contributed by atoms with Crippen molar-refractivity contribution in [2.75, 3.05) is 7.05 Å². The Morgan fingerprint density at radius 3 is 3.14 bits per heavy atom. The second-order valence-electron chi connectivity index (χ2n) is 5.39. The molecule has 7 heteroatoms. The average molecular weight is 305 g/mol. The summed E-state index contributed by atoms with van der Waals surface area (Å²) < 4.78 is 1.61. The zero-order chi connectivity index (χ0) is 14.7. The van der Waals surface area contributed by atoms with Crippen LogP contribution in [0, 0.1) is 0 Å². The second-order valence-corrected chi connectivity index (χ2v) is 6.42. The lowest BCUT2D eigenvalue weighted by atomic mass is 10.4. The fraction of sp³-hybridized carbons (Fsp3) is 0.500. The number of carbonyl (C=O) groups is 1. The van der Waals surface area contributed by atoms with Crippen molar-refractivity contribution in [3.05, 3.63) is 34.3 Å². The van der Waals surface area contributed by atoms with Crippen LogP contribution < -0.4 is 5.32 Å². The van der Waals surface area contributed by atoms with Crippen molar-refractivity contribution in [3.63, 3.8) is 0 Å². The topological polar surface area (TPSA) is 63.1 Å². The average Bonchev–Trinajstić information content (AvgIpc) is 2.96. The molecule has 0 saturated heterocycles. The van der Waals surface area contributed by atoms with E-state index in [2.05, 4.69) is 15.6 Å². The zero-order valence-corrected chi connectivity index (χ0v) is 12.8. The summed E-state index contributed by atoms with van der Waals surface area (Å²) in [6.07, 6.45) is 4.34. The summed E-state index contributed by atoms with van der Waals surface area (Å²) in [5, 5.41) is 13.5. The van der Waals surface area contributed by atoms with Gasteiger partial charge in [0.2, 0.25) is 5.91 Å². The van der Waals surface area contributed by atoms with Crippen LogP contribution in [-0.4, -0.2) is 38.9 Å². The number of nitrogens with one attached hydrogen (secondary N) is 1. The monoisotopic (exact) mass is 305 g/mol. The Hall–Kier alpha value is -1.73. The van der Waals surface area contributed by atoms with Crippen LogP contribution in [-0.2, 0) is 24.4 Å². The predicted molar refractivity (Wildman–Crippen MR) is 80.7 cm³/mol. The van der Waals surface area contributed by atoms with Gasteiger partial charge in [-0.2, -0.15) is 0 Å². The van der Waals surface area contributed by atoms with Crippen LogP contribution in [0.15, 0.2) is 23.7 Å². The van der Waals surface area contributed by atoms with Gasteiger partial charge in [-0.1, -0.05) is 11.3 Å². The van der Waals surface area contributed by atoms with Gasteiger partial charge in [-0.3, -0.25) is 4.79 Å². The third-order valence-electron chi connectivity index (χ3n) is 3.43. The van der Waals surface area contributed by atoms with Gasteiger partial charge in [0.15, 0.2) is 0 Å². The lowest BCUT2D eigenvalue weighted by Gasteiger charge is -2.15. The van der Waals surface area contributed by atoms with Crippen LogP contribution in [0.5, 0.6) is 0 Å². The molecule has 2 aromatic heterocycles. The summed E-state index contributed by atoms with van der Waals surface area (Å²) in [4.78, 5) is 15.0. The van der Waals surface area contributed by atoms with E-state index in [1.165, 1.54) is 17.7 Å². The van der Waals surface area contributed by atoms with Crippen LogP contribution in [0.2, 0.25) is 0 Å². The number of amides is 1. The van der Waals surface area contributed by atoms with Crippen molar-refractivity contribution in [1.29, 1.82) is 0 Å². The standard InChI is InChI=1S/C14H19N5OS/c1-18(9-13-3-2-6-21-13)14(20)10-19-8-12(16-17-19)7-15-11-4-5-11/h2-3,6,8,11,15H,4-5,7,9-10H2,1H3. The fourth-order valence-corrected chi connectivity index (χ4v) is 2.77. The van der Waals surface area contributed by atoms with Gasteiger partial charge in [-0.25, -0.2) is 4.68 Å². The number of hydrogen-bond acceptors (Lipinski definition) is 5. The predicted octanol–water partition coefficient (Wildman–Crippen LogP) is 1.25. The number of aromatic nitrogens is 3. The molecule has 0 atom stereocenters. The Morgan fingerprint density at radius 1 is 1.57 bits per heavy atom. The summed E-state index contributed by atoms with van der Waals surface area (Å²) in [6.45, 7) is 1.60. The summed E-state index contributed by atoms with van der Waals surface area (Å²) in [5.41, 5.74) is 0.885. The highest BCUT2D eigenvalue weighted by atomic mass is 32.1. The molecule has 1 N–H and O–H groups in total. The summed E-state index contributed by atoms with van der Waals surface area (Å²) in [6, 6.07) is 4.68. The molecule has 0 aliphatic heterocycles. The Bertz CT molecular complexity index is 590. The van der Waals surface area contributed by atoms with E-state index in [4.69, 9.17) is 0 Å². The third kappa shape index (κ3) is 4.12. The Kier molecular flexibility index (Phi) is 4.31. The number of rotatable bonds is 7. The van der Waals surface area contributed by atoms with Crippen LogP contribution in [0.1, 0.15) is 23.4 Å². The lowest BCUT2D eigenvalue weighted by molar-refractivity contribution is -0.131. The van der Waals surface area contributed by atoms with E-state index in [9.17, 15) is 4.79 Å². The molecule has 1 saturated carbocycles. The van der Waals surface area contributed by atoms with E-state index in [0.29, 0.717) is 12.6 Å². The number of hydrogen-bond donors (Lipinski definition) is 1. The Morgan fingerprint density at radius 2 is 2.43 bits per heavy atom. The first-order valence-corrected chi connectivity index (χ1v) is 7.97. The highest BCUT2D eigenvalue weighted by Crippen LogP contribution is 2.18. The molecule has 0 aromatic carbocycles. The van der Waals surface area contributed by atoms with E-state index in [1.807, 2.05) is 30.8 Å². The van der Waals surface area contributed by atoms with Crippen LogP contribution in [0.3, 0.4) is 0 Å². The van der Waals surface area contributed by atoms with Gasteiger partial charge >= 0.3 is 0 Å². The second kappa shape index (κ2) is 6.36. The summed E-state index contributed by atoms with van der Waals surface area (Å²) in [7, 11) is 1.81. The highest BCUT2D eigenvalue weighted by molar-refractivity contribution is 7.09. The number of carbonyl (C=O) groups excluding carboxylic acids is 1. The maximum atomic E-state index is 12.2. The summed E-state index contributed by atoms with van der Waals surface area (Å²) >= 11 is 1.66. The maximum absolute atomic E-state index is 12.2. The minimum Gasteiger partial charge on any atom is -0.339 e. The van der Waals surface area contributed by atoms with Crippen molar-refractivity contribution in [2.45, 2.75) is 38.5 Å². The molecule has 2 heterocycles. The first-order valence-electron chi connectivity index (χ1n) is 7.09. The number of thiophene rings is 1. The molecule has 0 unspecified atom stereocenters. The molecule has 21 heavy (non-hydrogen) atoms. The van der Waals surface area contributed by atoms with E-state index in [1.54, 1.807) is 20.9 Å². The van der Waals surface area contributed by atoms with Crippen LogP contribution >= 0.6 is 11.3 Å². The molecule has 1 aliphatic rings. The summed E-state index contributed by atoms with van der Waals surface area (Å²) in [5.74, 6) is 0.0370. The minimum absolute atomic E-state index is 0.0370. The van der Waals surface area contributed by atoms with E-state index in [0.717, 1.165) is 12.2 Å². The van der Waals surface area contributed by atoms with Gasteiger partial charge in [-0.15, -0.1) is 16.4 Å². The highest BCUT2D eigenvalue weighted by Gasteiger charge is 2.20. The van der Waals surface area contributed by atoms with Gasteiger partial charge in [0.1, 0.15) is 6.54 Å². The van der Waals surface area contributed by atoms with Gasteiger partial charge in [-0.05, 0) is 24.3 Å². The van der Waals surface area contributed by atoms with Gasteiger partial charge in [0.05, 0.1) is 18.4 Å². The molecule has 1 fully saturated rings. The lowest BCUT2D eigenvalue weighted by Crippen LogP contribution is -2.29. The molecular weight excluding hydrogens is 286 g/mol. The van der Waals surface area contributed by atoms with Crippen molar-refractivity contribution in [3.8, 4) is 0 Å². The Labute approximate surface area is 127 Å². The quantitative estimate of drug-likeness (QED) is 0.836. The molecule has 1 aliphatic carbocycles. The van der Waals surface area contributed by atoms with Crippen molar-refractivity contribution >= 4 is 17.2 Å². The van der Waals surface area contributed by atoms with Crippen molar-refractivity contribution in [2.24, 2.45) is 0 Å². The molecule has 3 rings (SSSR count). The molecule has 0 bridgehead atoms. The molecule has 0 radical (unpaired) electrons. The zero-order valence-electron chi connectivity index (χ0n) is 12.0. The normalized spacial score (nSPS) is 14.3. The third-order valence-corrected chi connectivity index (χ3v) is 4.29. The van der Waals surface area contributed by atoms with Crippen molar-refractivity contribution in [1.82, 2.24) is 25.2 Å². The van der Waals surface area contributed by atoms with E-state index >= 15 is 0 Å². The number of nitrogens with zero attached hydrogens (tertiary/aromatic N) is 4. The smallest absolute Gasteiger partial charge is 0.244 e. The number of likely N-dealkylation sites (N-methyl/N-ethyl adjacent to an activating group) is 1.